The third-order valence-corrected chi connectivity index (χ3v) is 4.66. The van der Waals surface area contributed by atoms with Gasteiger partial charge in [0.05, 0.1) is 11.3 Å². The standard InChI is InChI=1S/C12H11F3N2O3S/c1-3-21(19,20)11-10(7(2)18)16-9-6-8(12(13,14)15)4-5-17(9)11/h4-6H,3H2,1-2H3. The van der Waals surface area contributed by atoms with Gasteiger partial charge in [-0.05, 0) is 12.1 Å². The number of rotatable bonds is 3. The first kappa shape index (κ1) is 15.5. The summed E-state index contributed by atoms with van der Waals surface area (Å²) in [6, 6.07) is 1.45. The Labute approximate surface area is 118 Å². The molecule has 0 saturated heterocycles. The highest BCUT2D eigenvalue weighted by Gasteiger charge is 2.32. The van der Waals surface area contributed by atoms with Crippen LogP contribution in [0.4, 0.5) is 13.2 Å². The molecule has 2 heterocycles. The van der Waals surface area contributed by atoms with Crippen LogP contribution in [0, 0.1) is 0 Å². The molecule has 0 fully saturated rings. The minimum Gasteiger partial charge on any atom is -0.293 e. The number of ketones is 1. The molecule has 0 aliphatic rings. The maximum atomic E-state index is 12.7. The van der Waals surface area contributed by atoms with Gasteiger partial charge in [-0.25, -0.2) is 13.4 Å². The molecule has 0 saturated carbocycles. The summed E-state index contributed by atoms with van der Waals surface area (Å²) in [6.07, 6.45) is -3.62. The number of sulfone groups is 1. The topological polar surface area (TPSA) is 68.5 Å². The van der Waals surface area contributed by atoms with Crippen LogP contribution in [0.15, 0.2) is 23.4 Å². The minimum atomic E-state index is -4.58. The van der Waals surface area contributed by atoms with Gasteiger partial charge in [0.2, 0.25) is 0 Å². The molecule has 0 bridgehead atoms. The van der Waals surface area contributed by atoms with Gasteiger partial charge in [0, 0.05) is 13.1 Å². The number of hydrogen-bond donors (Lipinski definition) is 0. The number of fused-ring (bicyclic) bond motifs is 1. The van der Waals surface area contributed by atoms with E-state index < -0.39 is 27.4 Å². The van der Waals surface area contributed by atoms with Gasteiger partial charge in [-0.1, -0.05) is 6.92 Å². The zero-order valence-electron chi connectivity index (χ0n) is 11.1. The fourth-order valence-corrected chi connectivity index (χ4v) is 3.07. The summed E-state index contributed by atoms with van der Waals surface area (Å²) in [7, 11) is -3.81. The van der Waals surface area contributed by atoms with Gasteiger partial charge in [0.25, 0.3) is 0 Å². The number of alkyl halides is 3. The number of hydrogen-bond acceptors (Lipinski definition) is 4. The Morgan fingerprint density at radius 3 is 2.48 bits per heavy atom. The molecule has 0 aromatic carbocycles. The van der Waals surface area contributed by atoms with Gasteiger partial charge in [-0.3, -0.25) is 9.20 Å². The Balaban J connectivity index is 2.85. The number of aromatic nitrogens is 2. The van der Waals surface area contributed by atoms with Gasteiger partial charge in [-0.15, -0.1) is 0 Å². The molecule has 5 nitrogen and oxygen atoms in total. The highest BCUT2D eigenvalue weighted by molar-refractivity contribution is 7.91. The van der Waals surface area contributed by atoms with Crippen LogP contribution in [0.25, 0.3) is 5.65 Å². The second-order valence-electron chi connectivity index (χ2n) is 4.37. The Morgan fingerprint density at radius 1 is 1.38 bits per heavy atom. The number of carbonyl (C=O) groups is 1. The number of halogens is 3. The van der Waals surface area contributed by atoms with E-state index in [9.17, 15) is 26.4 Å². The normalized spacial score (nSPS) is 12.8. The maximum Gasteiger partial charge on any atom is 0.416 e. The monoisotopic (exact) mass is 320 g/mol. The van der Waals surface area contributed by atoms with Crippen molar-refractivity contribution in [3.8, 4) is 0 Å². The lowest BCUT2D eigenvalue weighted by Gasteiger charge is -2.07. The summed E-state index contributed by atoms with van der Waals surface area (Å²) in [4.78, 5) is 15.3. The second kappa shape index (κ2) is 4.83. The average Bonchev–Trinajstić information content (AvgIpc) is 2.76. The first-order valence-corrected chi connectivity index (χ1v) is 7.56. The molecule has 21 heavy (non-hydrogen) atoms. The van der Waals surface area contributed by atoms with E-state index in [0.717, 1.165) is 23.6 Å². The summed E-state index contributed by atoms with van der Waals surface area (Å²) in [5.41, 5.74) is -1.55. The van der Waals surface area contributed by atoms with Crippen molar-refractivity contribution < 1.29 is 26.4 Å². The van der Waals surface area contributed by atoms with Crippen molar-refractivity contribution in [3.05, 3.63) is 29.6 Å². The molecule has 9 heteroatoms. The highest BCUT2D eigenvalue weighted by atomic mass is 32.2. The van der Waals surface area contributed by atoms with Crippen molar-refractivity contribution in [3.63, 3.8) is 0 Å². The smallest absolute Gasteiger partial charge is 0.293 e. The second-order valence-corrected chi connectivity index (χ2v) is 6.56. The van der Waals surface area contributed by atoms with E-state index in [-0.39, 0.29) is 22.1 Å². The van der Waals surface area contributed by atoms with E-state index in [1.807, 2.05) is 0 Å². The first-order valence-electron chi connectivity index (χ1n) is 5.91. The fraction of sp³-hybridized carbons (Fsp3) is 0.333. The zero-order valence-corrected chi connectivity index (χ0v) is 11.9. The van der Waals surface area contributed by atoms with Crippen LogP contribution in [-0.4, -0.2) is 29.3 Å². The molecule has 0 spiro atoms. The van der Waals surface area contributed by atoms with Crippen LogP contribution >= 0.6 is 0 Å². The van der Waals surface area contributed by atoms with Crippen molar-refractivity contribution in [2.75, 3.05) is 5.75 Å². The molecule has 0 atom stereocenters. The van der Waals surface area contributed by atoms with E-state index in [4.69, 9.17) is 0 Å². The largest absolute Gasteiger partial charge is 0.416 e. The molecule has 2 rings (SSSR count). The lowest BCUT2D eigenvalue weighted by atomic mass is 10.2. The molecular formula is C12H11F3N2O3S. The third-order valence-electron chi connectivity index (χ3n) is 2.92. The van der Waals surface area contributed by atoms with Crippen LogP contribution < -0.4 is 0 Å². The molecule has 0 radical (unpaired) electrons. The molecule has 114 valence electrons. The maximum absolute atomic E-state index is 12.7. The van der Waals surface area contributed by atoms with Gasteiger partial charge < -0.3 is 0 Å². The third kappa shape index (κ3) is 2.65. The SMILES string of the molecule is CCS(=O)(=O)c1c(C(C)=O)nc2cc(C(F)(F)F)ccn12. The Kier molecular flexibility index (Phi) is 3.56. The molecule has 0 amide bonds. The molecule has 0 N–H and O–H groups in total. The average molecular weight is 320 g/mol. The quantitative estimate of drug-likeness (QED) is 0.814. The number of carbonyl (C=O) groups excluding carboxylic acids is 1. The predicted octanol–water partition coefficient (Wildman–Crippen LogP) is 2.35. The van der Waals surface area contributed by atoms with Crippen molar-refractivity contribution in [2.24, 2.45) is 0 Å². The van der Waals surface area contributed by atoms with E-state index in [1.165, 1.54) is 6.92 Å². The lowest BCUT2D eigenvalue weighted by molar-refractivity contribution is -0.137. The van der Waals surface area contributed by atoms with Gasteiger partial charge in [-0.2, -0.15) is 13.2 Å². The Hall–Kier alpha value is -1.90. The van der Waals surface area contributed by atoms with E-state index in [2.05, 4.69) is 4.98 Å². The summed E-state index contributed by atoms with van der Waals surface area (Å²) in [5.74, 6) is -0.915. The van der Waals surface area contributed by atoms with Gasteiger partial charge in [0.1, 0.15) is 11.3 Å². The van der Waals surface area contributed by atoms with Gasteiger partial charge >= 0.3 is 6.18 Å². The number of imidazole rings is 1. The van der Waals surface area contributed by atoms with Crippen LogP contribution in [0.1, 0.15) is 29.9 Å². The highest BCUT2D eigenvalue weighted by Crippen LogP contribution is 2.31. The minimum absolute atomic E-state index is 0.234. The zero-order chi connectivity index (χ0) is 16.0. The first-order chi connectivity index (χ1) is 9.58. The summed E-state index contributed by atoms with van der Waals surface area (Å²) >= 11 is 0. The van der Waals surface area contributed by atoms with Gasteiger partial charge in [0.15, 0.2) is 20.6 Å². The van der Waals surface area contributed by atoms with E-state index in [1.54, 1.807) is 0 Å². The number of pyridine rings is 1. The lowest BCUT2D eigenvalue weighted by Crippen LogP contribution is -2.12. The van der Waals surface area contributed by atoms with Crippen LogP contribution in [0.2, 0.25) is 0 Å². The van der Waals surface area contributed by atoms with E-state index >= 15 is 0 Å². The molecule has 0 aliphatic carbocycles. The van der Waals surface area contributed by atoms with Crippen molar-refractivity contribution in [1.29, 1.82) is 0 Å². The Bertz CT molecular complexity index is 822. The van der Waals surface area contributed by atoms with Crippen molar-refractivity contribution in [2.45, 2.75) is 25.0 Å². The van der Waals surface area contributed by atoms with Crippen LogP contribution in [-0.2, 0) is 16.0 Å². The summed E-state index contributed by atoms with van der Waals surface area (Å²) < 4.78 is 63.1. The molecular weight excluding hydrogens is 309 g/mol. The van der Waals surface area contributed by atoms with Crippen molar-refractivity contribution in [1.82, 2.24) is 9.38 Å². The number of Topliss-reactive ketones (excluding diaryl/α,β-unsaturated/α-hetero) is 1. The molecule has 2 aromatic rings. The molecule has 0 unspecified atom stereocenters. The fourth-order valence-electron chi connectivity index (χ4n) is 1.86. The number of nitrogens with zero attached hydrogens (tertiary/aromatic N) is 2. The summed E-state index contributed by atoms with van der Waals surface area (Å²) in [5, 5.41) is -0.374. The Morgan fingerprint density at radius 2 is 2.00 bits per heavy atom. The van der Waals surface area contributed by atoms with Crippen LogP contribution in [0.5, 0.6) is 0 Å². The summed E-state index contributed by atoms with van der Waals surface area (Å²) in [6.45, 7) is 2.49. The van der Waals surface area contributed by atoms with Crippen LogP contribution in [0.3, 0.4) is 0 Å². The van der Waals surface area contributed by atoms with E-state index in [0.29, 0.717) is 6.07 Å². The molecule has 2 aromatic heterocycles. The van der Waals surface area contributed by atoms with Crippen molar-refractivity contribution >= 4 is 21.3 Å². The molecule has 0 aliphatic heterocycles. The predicted molar refractivity (Wildman–Crippen MR) is 67.9 cm³/mol.